The Hall–Kier alpha value is -3.86. The molecule has 0 atom stereocenters. The van der Waals surface area contributed by atoms with Crippen molar-refractivity contribution >= 4 is 16.8 Å². The van der Waals surface area contributed by atoms with E-state index in [1.807, 2.05) is 66.7 Å². The lowest BCUT2D eigenvalue weighted by Crippen LogP contribution is -2.32. The zero-order chi connectivity index (χ0) is 20.9. The summed E-state index contributed by atoms with van der Waals surface area (Å²) in [6.45, 7) is 0.620. The maximum absolute atomic E-state index is 13.2. The highest BCUT2D eigenvalue weighted by Crippen LogP contribution is 2.20. The van der Waals surface area contributed by atoms with E-state index in [1.54, 1.807) is 30.2 Å². The third-order valence-corrected chi connectivity index (χ3v) is 5.02. The van der Waals surface area contributed by atoms with Gasteiger partial charge in [-0.2, -0.15) is 0 Å². The number of carbonyl (C=O) groups is 1. The number of nitrogens with zero attached hydrogens (tertiary/aromatic N) is 1. The number of aromatic nitrogens is 1. The van der Waals surface area contributed by atoms with Crippen LogP contribution in [-0.2, 0) is 13.1 Å². The Morgan fingerprint density at radius 2 is 1.60 bits per heavy atom. The van der Waals surface area contributed by atoms with Crippen LogP contribution < -0.4 is 10.3 Å². The molecule has 30 heavy (non-hydrogen) atoms. The highest BCUT2D eigenvalue weighted by Gasteiger charge is 2.18. The number of nitrogens with one attached hydrogen (secondary N) is 1. The first-order chi connectivity index (χ1) is 14.6. The van der Waals surface area contributed by atoms with Crippen molar-refractivity contribution in [2.75, 3.05) is 7.11 Å². The predicted octanol–water partition coefficient (Wildman–Crippen LogP) is 4.38. The Bertz CT molecular complexity index is 1220. The largest absolute Gasteiger partial charge is 0.497 e. The maximum Gasteiger partial charge on any atom is 0.254 e. The van der Waals surface area contributed by atoms with Crippen LogP contribution in [0.5, 0.6) is 5.75 Å². The smallest absolute Gasteiger partial charge is 0.254 e. The number of benzene rings is 3. The molecule has 0 aliphatic carbocycles. The summed E-state index contributed by atoms with van der Waals surface area (Å²) in [5, 5.41) is 0.886. The number of carbonyl (C=O) groups excluding carboxylic acids is 1. The van der Waals surface area contributed by atoms with Gasteiger partial charge >= 0.3 is 0 Å². The quantitative estimate of drug-likeness (QED) is 0.524. The van der Waals surface area contributed by atoms with Gasteiger partial charge in [0.1, 0.15) is 5.75 Å². The van der Waals surface area contributed by atoms with Gasteiger partial charge in [0, 0.05) is 23.7 Å². The van der Waals surface area contributed by atoms with Crippen LogP contribution in [0.4, 0.5) is 0 Å². The molecule has 0 fully saturated rings. The van der Waals surface area contributed by atoms with E-state index in [9.17, 15) is 9.59 Å². The Labute approximate surface area is 174 Å². The Balaban J connectivity index is 1.69. The van der Waals surface area contributed by atoms with Crippen LogP contribution in [0.1, 0.15) is 21.5 Å². The second-order valence-corrected chi connectivity index (χ2v) is 7.09. The third kappa shape index (κ3) is 4.25. The first-order valence-electron chi connectivity index (χ1n) is 9.72. The van der Waals surface area contributed by atoms with Crippen LogP contribution >= 0.6 is 0 Å². The maximum atomic E-state index is 13.2. The number of hydrogen-bond donors (Lipinski definition) is 1. The van der Waals surface area contributed by atoms with E-state index in [2.05, 4.69) is 4.98 Å². The molecule has 1 aromatic heterocycles. The lowest BCUT2D eigenvalue weighted by Gasteiger charge is -2.23. The van der Waals surface area contributed by atoms with Crippen molar-refractivity contribution in [3.8, 4) is 5.75 Å². The van der Waals surface area contributed by atoms with E-state index in [0.717, 1.165) is 10.9 Å². The molecule has 4 aromatic rings. The zero-order valence-corrected chi connectivity index (χ0v) is 16.7. The molecule has 150 valence electrons. The molecule has 0 aliphatic heterocycles. The van der Waals surface area contributed by atoms with Crippen LogP contribution in [0.15, 0.2) is 89.7 Å². The fraction of sp³-hybridized carbons (Fsp3) is 0.120. The highest BCUT2D eigenvalue weighted by atomic mass is 16.5. The molecule has 0 radical (unpaired) electrons. The van der Waals surface area contributed by atoms with Crippen molar-refractivity contribution < 1.29 is 9.53 Å². The van der Waals surface area contributed by atoms with E-state index >= 15 is 0 Å². The molecule has 0 bridgehead atoms. The van der Waals surface area contributed by atoms with Crippen molar-refractivity contribution in [1.29, 1.82) is 0 Å². The lowest BCUT2D eigenvalue weighted by molar-refractivity contribution is 0.0729. The summed E-state index contributed by atoms with van der Waals surface area (Å²) >= 11 is 0. The van der Waals surface area contributed by atoms with Crippen molar-refractivity contribution in [1.82, 2.24) is 9.88 Å². The number of ether oxygens (including phenoxy) is 1. The number of pyridine rings is 1. The highest BCUT2D eigenvalue weighted by molar-refractivity contribution is 5.94. The molecule has 1 amide bonds. The van der Waals surface area contributed by atoms with Gasteiger partial charge in [0.25, 0.3) is 11.5 Å². The standard InChI is InChI=1S/C25H22N2O3/c1-30-22-13-12-20-14-21(24(28)26-23(20)15-22)17-27(16-18-8-4-2-5-9-18)25(29)19-10-6-3-7-11-19/h2-15H,16-17H2,1H3,(H,26,28). The average molecular weight is 398 g/mol. The summed E-state index contributed by atoms with van der Waals surface area (Å²) in [5.41, 5.74) is 2.62. The topological polar surface area (TPSA) is 62.4 Å². The molecule has 0 saturated carbocycles. The van der Waals surface area contributed by atoms with Gasteiger partial charge in [-0.15, -0.1) is 0 Å². The summed E-state index contributed by atoms with van der Waals surface area (Å²) in [6, 6.07) is 26.3. The molecular weight excluding hydrogens is 376 g/mol. The summed E-state index contributed by atoms with van der Waals surface area (Å²) in [7, 11) is 1.59. The van der Waals surface area contributed by atoms with Crippen LogP contribution in [0.2, 0.25) is 0 Å². The molecule has 3 aromatic carbocycles. The summed E-state index contributed by atoms with van der Waals surface area (Å²) in [5.74, 6) is 0.560. The fourth-order valence-electron chi connectivity index (χ4n) is 3.44. The van der Waals surface area contributed by atoms with Gasteiger partial charge in [-0.25, -0.2) is 0 Å². The number of H-pyrrole nitrogens is 1. The summed E-state index contributed by atoms with van der Waals surface area (Å²) in [6.07, 6.45) is 0. The molecule has 5 nitrogen and oxygen atoms in total. The molecule has 0 saturated heterocycles. The zero-order valence-electron chi connectivity index (χ0n) is 16.7. The minimum atomic E-state index is -0.213. The number of aromatic amines is 1. The Morgan fingerprint density at radius 3 is 2.30 bits per heavy atom. The van der Waals surface area contributed by atoms with E-state index in [4.69, 9.17) is 4.74 Å². The van der Waals surface area contributed by atoms with Gasteiger partial charge in [0.15, 0.2) is 0 Å². The normalized spacial score (nSPS) is 10.7. The lowest BCUT2D eigenvalue weighted by atomic mass is 10.1. The molecular formula is C25H22N2O3. The number of amides is 1. The SMILES string of the molecule is COc1ccc2cc(CN(Cc3ccccc3)C(=O)c3ccccc3)c(=O)[nH]c2c1. The minimum Gasteiger partial charge on any atom is -0.497 e. The van der Waals surface area contributed by atoms with Crippen LogP contribution in [0.25, 0.3) is 10.9 Å². The second-order valence-electron chi connectivity index (χ2n) is 7.09. The molecule has 0 aliphatic rings. The summed E-state index contributed by atoms with van der Waals surface area (Å²) < 4.78 is 5.23. The molecule has 1 heterocycles. The van der Waals surface area contributed by atoms with Gasteiger partial charge < -0.3 is 14.6 Å². The van der Waals surface area contributed by atoms with Crippen molar-refractivity contribution in [2.45, 2.75) is 13.1 Å². The molecule has 0 unspecified atom stereocenters. The number of fused-ring (bicyclic) bond motifs is 1. The summed E-state index contributed by atoms with van der Waals surface area (Å²) in [4.78, 5) is 30.6. The van der Waals surface area contributed by atoms with E-state index < -0.39 is 0 Å². The number of hydrogen-bond acceptors (Lipinski definition) is 3. The Kier molecular flexibility index (Phi) is 5.61. The minimum absolute atomic E-state index is 0.117. The van der Waals surface area contributed by atoms with E-state index in [1.165, 1.54) is 0 Å². The van der Waals surface area contributed by atoms with Crippen LogP contribution in [0.3, 0.4) is 0 Å². The molecule has 1 N–H and O–H groups in total. The number of rotatable bonds is 6. The number of methoxy groups -OCH3 is 1. The van der Waals surface area contributed by atoms with Crippen molar-refractivity contribution in [3.63, 3.8) is 0 Å². The predicted molar refractivity (Wildman–Crippen MR) is 118 cm³/mol. The third-order valence-electron chi connectivity index (χ3n) is 5.02. The monoisotopic (exact) mass is 398 g/mol. The molecule has 4 rings (SSSR count). The first-order valence-corrected chi connectivity index (χ1v) is 9.72. The fourth-order valence-corrected chi connectivity index (χ4v) is 3.44. The molecule has 5 heteroatoms. The van der Waals surface area contributed by atoms with E-state index in [0.29, 0.717) is 28.9 Å². The van der Waals surface area contributed by atoms with Gasteiger partial charge in [-0.05, 0) is 41.3 Å². The first kappa shape index (κ1) is 19.5. The van der Waals surface area contributed by atoms with Gasteiger partial charge in [-0.3, -0.25) is 9.59 Å². The van der Waals surface area contributed by atoms with Crippen molar-refractivity contribution in [3.05, 3.63) is 112 Å². The second kappa shape index (κ2) is 8.66. The average Bonchev–Trinajstić information content (AvgIpc) is 2.79. The van der Waals surface area contributed by atoms with Crippen LogP contribution in [-0.4, -0.2) is 22.9 Å². The van der Waals surface area contributed by atoms with Gasteiger partial charge in [-0.1, -0.05) is 48.5 Å². The van der Waals surface area contributed by atoms with Crippen molar-refractivity contribution in [2.24, 2.45) is 0 Å². The Morgan fingerprint density at radius 1 is 0.900 bits per heavy atom. The molecule has 0 spiro atoms. The van der Waals surface area contributed by atoms with Crippen LogP contribution in [0, 0.1) is 0 Å². The van der Waals surface area contributed by atoms with Gasteiger partial charge in [0.2, 0.25) is 0 Å². The van der Waals surface area contributed by atoms with Gasteiger partial charge in [0.05, 0.1) is 19.2 Å². The van der Waals surface area contributed by atoms with E-state index in [-0.39, 0.29) is 18.0 Å².